The highest BCUT2D eigenvalue weighted by Crippen LogP contribution is 2.34. The zero-order valence-corrected chi connectivity index (χ0v) is 18.2. The molecular formula is C26H22F2N2O3. The number of halogens is 2. The Labute approximate surface area is 190 Å². The number of benzene rings is 3. The second-order valence-electron chi connectivity index (χ2n) is 7.72. The van der Waals surface area contributed by atoms with Crippen LogP contribution in [0.25, 0.3) is 5.57 Å². The van der Waals surface area contributed by atoms with Crippen molar-refractivity contribution in [3.63, 3.8) is 0 Å². The highest BCUT2D eigenvalue weighted by Gasteiger charge is 2.39. The van der Waals surface area contributed by atoms with Crippen molar-refractivity contribution in [2.75, 3.05) is 19.0 Å². The third-order valence-electron chi connectivity index (χ3n) is 5.45. The molecule has 0 spiro atoms. The van der Waals surface area contributed by atoms with E-state index in [2.05, 4.69) is 5.32 Å². The monoisotopic (exact) mass is 448 g/mol. The summed E-state index contributed by atoms with van der Waals surface area (Å²) in [5.41, 5.74) is 2.94. The molecule has 1 aliphatic rings. The van der Waals surface area contributed by atoms with Crippen LogP contribution < -0.4 is 10.1 Å². The number of nitrogens with zero attached hydrogens (tertiary/aromatic N) is 1. The molecule has 0 bridgehead atoms. The van der Waals surface area contributed by atoms with Crippen LogP contribution in [0.15, 0.2) is 72.4 Å². The van der Waals surface area contributed by atoms with Crippen LogP contribution >= 0.6 is 0 Å². The summed E-state index contributed by atoms with van der Waals surface area (Å²) >= 11 is 0. The zero-order chi connectivity index (χ0) is 23.5. The van der Waals surface area contributed by atoms with Gasteiger partial charge in [0.05, 0.1) is 18.4 Å². The molecule has 1 aliphatic heterocycles. The minimum Gasteiger partial charge on any atom is -0.495 e. The van der Waals surface area contributed by atoms with Crippen LogP contribution in [0.2, 0.25) is 0 Å². The van der Waals surface area contributed by atoms with E-state index >= 15 is 0 Å². The van der Waals surface area contributed by atoms with E-state index in [0.29, 0.717) is 23.4 Å². The number of nitrogens with one attached hydrogen (secondary N) is 1. The van der Waals surface area contributed by atoms with Crippen molar-refractivity contribution in [3.8, 4) is 5.75 Å². The Hall–Kier alpha value is -4.00. The minimum atomic E-state index is -0.495. The lowest BCUT2D eigenvalue weighted by Gasteiger charge is -2.16. The van der Waals surface area contributed by atoms with Gasteiger partial charge in [-0.3, -0.25) is 14.5 Å². The van der Waals surface area contributed by atoms with Crippen LogP contribution in [0.3, 0.4) is 0 Å². The summed E-state index contributed by atoms with van der Waals surface area (Å²) in [6, 6.07) is 16.8. The van der Waals surface area contributed by atoms with E-state index in [1.165, 1.54) is 43.5 Å². The van der Waals surface area contributed by atoms with Gasteiger partial charge in [0.1, 0.15) is 23.1 Å². The van der Waals surface area contributed by atoms with E-state index in [4.69, 9.17) is 4.74 Å². The first-order valence-corrected chi connectivity index (χ1v) is 10.4. The van der Waals surface area contributed by atoms with Gasteiger partial charge in [-0.25, -0.2) is 8.78 Å². The molecule has 1 heterocycles. The summed E-state index contributed by atoms with van der Waals surface area (Å²) in [4.78, 5) is 27.8. The first-order valence-electron chi connectivity index (χ1n) is 10.4. The number of imide groups is 1. The van der Waals surface area contributed by atoms with E-state index in [9.17, 15) is 18.4 Å². The molecule has 5 nitrogen and oxygen atoms in total. The van der Waals surface area contributed by atoms with Crippen LogP contribution in [0.5, 0.6) is 5.75 Å². The summed E-state index contributed by atoms with van der Waals surface area (Å²) in [6.45, 7) is 2.01. The third kappa shape index (κ3) is 4.62. The quantitative estimate of drug-likeness (QED) is 0.532. The molecule has 0 saturated heterocycles. The van der Waals surface area contributed by atoms with E-state index in [0.717, 1.165) is 16.0 Å². The van der Waals surface area contributed by atoms with Crippen molar-refractivity contribution in [1.29, 1.82) is 0 Å². The van der Waals surface area contributed by atoms with E-state index in [1.54, 1.807) is 18.2 Å². The standard InChI is InChI=1S/C26H22F2N2O3/c1-16-3-12-22(33-2)21(15-16)29-24-23(18-6-10-20(28)11-7-18)25(31)30(26(24)32)14-13-17-4-8-19(27)9-5-17/h3-12,15,29H,13-14H2,1-2H3. The Morgan fingerprint density at radius 3 is 2.15 bits per heavy atom. The van der Waals surface area contributed by atoms with Gasteiger partial charge >= 0.3 is 0 Å². The van der Waals surface area contributed by atoms with Crippen LogP contribution in [0, 0.1) is 18.6 Å². The van der Waals surface area contributed by atoms with Crippen LogP contribution in [0.1, 0.15) is 16.7 Å². The maximum absolute atomic E-state index is 13.5. The van der Waals surface area contributed by atoms with Crippen molar-refractivity contribution in [2.24, 2.45) is 0 Å². The fourth-order valence-electron chi connectivity index (χ4n) is 3.73. The Kier molecular flexibility index (Phi) is 6.22. The molecule has 7 heteroatoms. The lowest BCUT2D eigenvalue weighted by Crippen LogP contribution is -2.34. The van der Waals surface area contributed by atoms with Gasteiger partial charge in [0.15, 0.2) is 0 Å². The molecule has 0 saturated carbocycles. The number of hydrogen-bond donors (Lipinski definition) is 1. The smallest absolute Gasteiger partial charge is 0.278 e. The van der Waals surface area contributed by atoms with Crippen LogP contribution in [0.4, 0.5) is 14.5 Å². The van der Waals surface area contributed by atoms with Gasteiger partial charge in [-0.2, -0.15) is 0 Å². The lowest BCUT2D eigenvalue weighted by atomic mass is 10.0. The summed E-state index contributed by atoms with van der Waals surface area (Å²) in [7, 11) is 1.52. The van der Waals surface area contributed by atoms with Crippen molar-refractivity contribution in [3.05, 3.63) is 101 Å². The predicted molar refractivity (Wildman–Crippen MR) is 121 cm³/mol. The number of ether oxygens (including phenoxy) is 1. The third-order valence-corrected chi connectivity index (χ3v) is 5.45. The van der Waals surface area contributed by atoms with Crippen molar-refractivity contribution in [1.82, 2.24) is 4.90 Å². The molecular weight excluding hydrogens is 426 g/mol. The maximum Gasteiger partial charge on any atom is 0.278 e. The van der Waals surface area contributed by atoms with Gasteiger partial charge in [-0.1, -0.05) is 30.3 Å². The normalized spacial score (nSPS) is 13.6. The average molecular weight is 448 g/mol. The maximum atomic E-state index is 13.5. The number of carbonyl (C=O) groups excluding carboxylic acids is 2. The topological polar surface area (TPSA) is 58.6 Å². The summed E-state index contributed by atoms with van der Waals surface area (Å²) in [5.74, 6) is -1.27. The Balaban J connectivity index is 1.69. The highest BCUT2D eigenvalue weighted by atomic mass is 19.1. The fraction of sp³-hybridized carbons (Fsp3) is 0.154. The van der Waals surface area contributed by atoms with Crippen molar-refractivity contribution < 1.29 is 23.1 Å². The van der Waals surface area contributed by atoms with Gasteiger partial charge in [0.2, 0.25) is 0 Å². The number of aryl methyl sites for hydroxylation is 1. The summed E-state index contributed by atoms with van der Waals surface area (Å²) in [5, 5.41) is 3.08. The number of rotatable bonds is 7. The van der Waals surface area contributed by atoms with Gasteiger partial charge < -0.3 is 10.1 Å². The van der Waals surface area contributed by atoms with Gasteiger partial charge in [-0.15, -0.1) is 0 Å². The summed E-state index contributed by atoms with van der Waals surface area (Å²) < 4.78 is 32.1. The molecule has 168 valence electrons. The van der Waals surface area contributed by atoms with E-state index in [-0.39, 0.29) is 23.6 Å². The molecule has 1 N–H and O–H groups in total. The van der Waals surface area contributed by atoms with Crippen molar-refractivity contribution in [2.45, 2.75) is 13.3 Å². The number of carbonyl (C=O) groups is 2. The second-order valence-corrected chi connectivity index (χ2v) is 7.72. The van der Waals surface area contributed by atoms with Crippen molar-refractivity contribution >= 4 is 23.1 Å². The molecule has 0 fully saturated rings. The number of methoxy groups -OCH3 is 1. The molecule has 0 radical (unpaired) electrons. The number of anilines is 1. The summed E-state index contributed by atoms with van der Waals surface area (Å²) in [6.07, 6.45) is 0.371. The largest absolute Gasteiger partial charge is 0.495 e. The molecule has 4 rings (SSSR count). The highest BCUT2D eigenvalue weighted by molar-refractivity contribution is 6.36. The molecule has 3 aromatic carbocycles. The SMILES string of the molecule is COc1ccc(C)cc1NC1=C(c2ccc(F)cc2)C(=O)N(CCc2ccc(F)cc2)C1=O. The van der Waals surface area contributed by atoms with Crippen LogP contribution in [-0.2, 0) is 16.0 Å². The molecule has 0 unspecified atom stereocenters. The molecule has 0 aromatic heterocycles. The first kappa shape index (κ1) is 22.2. The van der Waals surface area contributed by atoms with Crippen LogP contribution in [-0.4, -0.2) is 30.4 Å². The average Bonchev–Trinajstić information content (AvgIpc) is 3.03. The van der Waals surface area contributed by atoms with E-state index in [1.807, 2.05) is 19.1 Å². The Morgan fingerprint density at radius 1 is 0.879 bits per heavy atom. The Morgan fingerprint density at radius 2 is 1.52 bits per heavy atom. The Bertz CT molecular complexity index is 1240. The lowest BCUT2D eigenvalue weighted by molar-refractivity contribution is -0.136. The van der Waals surface area contributed by atoms with Gasteiger partial charge in [0.25, 0.3) is 11.8 Å². The zero-order valence-electron chi connectivity index (χ0n) is 18.2. The van der Waals surface area contributed by atoms with Gasteiger partial charge in [-0.05, 0) is 66.4 Å². The minimum absolute atomic E-state index is 0.0922. The number of hydrogen-bond acceptors (Lipinski definition) is 4. The second kappa shape index (κ2) is 9.24. The predicted octanol–water partition coefficient (Wildman–Crippen LogP) is 4.72. The molecule has 33 heavy (non-hydrogen) atoms. The molecule has 0 atom stereocenters. The van der Waals surface area contributed by atoms with E-state index < -0.39 is 17.6 Å². The number of amides is 2. The van der Waals surface area contributed by atoms with Gasteiger partial charge in [0, 0.05) is 6.54 Å². The molecule has 3 aromatic rings. The molecule has 2 amide bonds. The molecule has 0 aliphatic carbocycles. The first-order chi connectivity index (χ1) is 15.9. The fourth-order valence-corrected chi connectivity index (χ4v) is 3.73.